The van der Waals surface area contributed by atoms with Crippen LogP contribution in [0.1, 0.15) is 71.6 Å². The van der Waals surface area contributed by atoms with Gasteiger partial charge >= 0.3 is 5.97 Å². The first-order valence-corrected chi connectivity index (χ1v) is 15.3. The van der Waals surface area contributed by atoms with Crippen LogP contribution in [0.2, 0.25) is 10.0 Å². The Balaban J connectivity index is 1.16. The Morgan fingerprint density at radius 1 is 1.22 bits per heavy atom. The number of aromatic carboxylic acids is 1. The van der Waals surface area contributed by atoms with Crippen LogP contribution in [0, 0.1) is 23.6 Å². The highest BCUT2D eigenvalue weighted by Gasteiger charge is 2.59. The molecular weight excluding hydrogens is 590 g/mol. The number of fused-ring (bicyclic) bond motifs is 3. The van der Waals surface area contributed by atoms with Crippen LogP contribution in [0.25, 0.3) is 21.5 Å². The van der Waals surface area contributed by atoms with Crippen molar-refractivity contribution >= 4 is 50.7 Å². The number of aromatic nitrogens is 2. The largest absolute Gasteiger partial charge is 0.478 e. The summed E-state index contributed by atoms with van der Waals surface area (Å²) in [5.74, 6) is -0.841. The number of carboxylic acid groups (broad SMARTS) is 1. The Morgan fingerprint density at radius 3 is 2.66 bits per heavy atom. The number of hydrogen-bond donors (Lipinski definition) is 2. The molecule has 5 atom stereocenters. The molecule has 0 spiro atoms. The van der Waals surface area contributed by atoms with Crippen molar-refractivity contribution in [3.8, 4) is 11.3 Å². The summed E-state index contributed by atoms with van der Waals surface area (Å²) in [6.07, 6.45) is 3.97. The van der Waals surface area contributed by atoms with Gasteiger partial charge < -0.3 is 19.5 Å². The summed E-state index contributed by atoms with van der Waals surface area (Å²) in [7, 11) is 0. The van der Waals surface area contributed by atoms with E-state index in [2.05, 4.69) is 17.1 Å². The van der Waals surface area contributed by atoms with Crippen LogP contribution in [-0.2, 0) is 16.9 Å². The monoisotopic (exact) mass is 616 g/mol. The van der Waals surface area contributed by atoms with Crippen LogP contribution in [0.4, 0.5) is 4.39 Å². The van der Waals surface area contributed by atoms with Gasteiger partial charge in [-0.25, -0.2) is 14.2 Å². The zero-order valence-corrected chi connectivity index (χ0v) is 24.4. The minimum atomic E-state index is -1.23. The zero-order chi connectivity index (χ0) is 28.6. The lowest BCUT2D eigenvalue weighted by atomic mass is 9.72. The molecule has 2 bridgehead atoms. The summed E-state index contributed by atoms with van der Waals surface area (Å²) < 4.78 is 27.5. The van der Waals surface area contributed by atoms with Crippen LogP contribution in [-0.4, -0.2) is 32.4 Å². The minimum absolute atomic E-state index is 0.0969. The number of nitrogens with zero attached hydrogens (tertiary/aromatic N) is 2. The fraction of sp³-hybridized carbons (Fsp3) is 0.433. The van der Waals surface area contributed by atoms with Gasteiger partial charge in [0.25, 0.3) is 0 Å². The van der Waals surface area contributed by atoms with Gasteiger partial charge in [0.15, 0.2) is 5.82 Å². The normalized spacial score (nSPS) is 27.5. The van der Waals surface area contributed by atoms with Crippen molar-refractivity contribution in [1.82, 2.24) is 10.1 Å². The first kappa shape index (κ1) is 27.3. The van der Waals surface area contributed by atoms with E-state index in [9.17, 15) is 19.4 Å². The molecule has 11 heteroatoms. The van der Waals surface area contributed by atoms with Gasteiger partial charge in [-0.1, -0.05) is 41.3 Å². The second kappa shape index (κ2) is 10.0. The van der Waals surface area contributed by atoms with Crippen molar-refractivity contribution in [2.24, 2.45) is 17.8 Å². The number of carbonyl (C=O) groups is 1. The van der Waals surface area contributed by atoms with E-state index in [0.29, 0.717) is 49.8 Å². The molecule has 3 fully saturated rings. The Bertz CT molecular complexity index is 1670. The number of aliphatic hydroxyl groups is 1. The van der Waals surface area contributed by atoms with E-state index in [1.54, 1.807) is 18.2 Å². The third-order valence-electron chi connectivity index (χ3n) is 9.06. The second-order valence-corrected chi connectivity index (χ2v) is 13.5. The first-order chi connectivity index (χ1) is 19.6. The fourth-order valence-corrected chi connectivity index (χ4v) is 8.74. The van der Waals surface area contributed by atoms with Gasteiger partial charge in [-0.05, 0) is 74.1 Å². The molecule has 7 nitrogen and oxygen atoms in total. The van der Waals surface area contributed by atoms with Crippen LogP contribution >= 0.6 is 34.5 Å². The van der Waals surface area contributed by atoms with Crippen molar-refractivity contribution in [3.05, 3.63) is 68.1 Å². The maximum absolute atomic E-state index is 14.7. The molecule has 2 aromatic heterocycles. The van der Waals surface area contributed by atoms with Crippen LogP contribution < -0.4 is 0 Å². The lowest BCUT2D eigenvalue weighted by Crippen LogP contribution is -2.45. The molecule has 7 rings (SSSR count). The summed E-state index contributed by atoms with van der Waals surface area (Å²) in [6.45, 7) is 2.41. The highest BCUT2D eigenvalue weighted by Crippen LogP contribution is 2.59. The van der Waals surface area contributed by atoms with Gasteiger partial charge in [-0.2, -0.15) is 0 Å². The quantitative estimate of drug-likeness (QED) is 0.218. The maximum Gasteiger partial charge on any atom is 0.335 e. The highest BCUT2D eigenvalue weighted by atomic mass is 35.5. The lowest BCUT2D eigenvalue weighted by molar-refractivity contribution is -0.120. The standard InChI is InChI=1S/C30H27Cl2FN2O5S/c1-13-7-16-10-17(11-19(13)30(16,38)29-34-26-22(33)8-15(28(36)37)9-23(26)41-29)39-12-18-25(35-40-27(18)14-5-6-14)24-20(31)3-2-4-21(24)32/h2-4,8-9,13-14,16-17,19,38H,5-7,10-12H2,1H3,(H,36,37)/t13-,16+,17+,19+,30-/m0/s1. The smallest absolute Gasteiger partial charge is 0.335 e. The molecule has 3 saturated carbocycles. The van der Waals surface area contributed by atoms with Crippen molar-refractivity contribution in [3.63, 3.8) is 0 Å². The van der Waals surface area contributed by atoms with Crippen molar-refractivity contribution in [2.75, 3.05) is 0 Å². The van der Waals surface area contributed by atoms with E-state index in [4.69, 9.17) is 32.5 Å². The predicted molar refractivity (Wildman–Crippen MR) is 153 cm³/mol. The van der Waals surface area contributed by atoms with E-state index in [1.807, 2.05) is 0 Å². The van der Waals surface area contributed by atoms with Crippen LogP contribution in [0.15, 0.2) is 34.9 Å². The van der Waals surface area contributed by atoms with E-state index in [1.165, 1.54) is 17.4 Å². The van der Waals surface area contributed by atoms with Gasteiger partial charge in [0.1, 0.15) is 27.6 Å². The average molecular weight is 618 g/mol. The molecular formula is C30H27Cl2FN2O5S. The van der Waals surface area contributed by atoms with Crippen LogP contribution in [0.3, 0.4) is 0 Å². The van der Waals surface area contributed by atoms with E-state index in [0.717, 1.165) is 36.7 Å². The number of halogens is 3. The molecule has 2 aromatic carbocycles. The van der Waals surface area contributed by atoms with Gasteiger partial charge in [-0.15, -0.1) is 11.3 Å². The third kappa shape index (κ3) is 4.48. The molecule has 0 aliphatic heterocycles. The molecule has 0 saturated heterocycles. The number of ether oxygens (including phenoxy) is 1. The lowest BCUT2D eigenvalue weighted by Gasteiger charge is -2.41. The molecule has 3 aliphatic carbocycles. The van der Waals surface area contributed by atoms with Gasteiger partial charge in [0.2, 0.25) is 0 Å². The van der Waals surface area contributed by atoms with Gasteiger partial charge in [0.05, 0.1) is 33.0 Å². The Hall–Kier alpha value is -2.56. The fourth-order valence-electron chi connectivity index (χ4n) is 6.92. The van der Waals surface area contributed by atoms with E-state index in [-0.39, 0.29) is 41.5 Å². The van der Waals surface area contributed by atoms with Crippen molar-refractivity contribution in [2.45, 2.75) is 63.3 Å². The minimum Gasteiger partial charge on any atom is -0.478 e. The van der Waals surface area contributed by atoms with E-state index < -0.39 is 17.4 Å². The summed E-state index contributed by atoms with van der Waals surface area (Å²) in [5.41, 5.74) is 0.821. The van der Waals surface area contributed by atoms with Gasteiger partial charge in [-0.3, -0.25) is 0 Å². The van der Waals surface area contributed by atoms with Gasteiger partial charge in [0, 0.05) is 17.0 Å². The molecule has 2 N–H and O–H groups in total. The predicted octanol–water partition coefficient (Wildman–Crippen LogP) is 7.81. The zero-order valence-electron chi connectivity index (χ0n) is 22.1. The number of hydrogen-bond acceptors (Lipinski definition) is 7. The van der Waals surface area contributed by atoms with Crippen molar-refractivity contribution < 1.29 is 28.7 Å². The summed E-state index contributed by atoms with van der Waals surface area (Å²) in [4.78, 5) is 15.9. The molecule has 41 heavy (non-hydrogen) atoms. The molecule has 3 aliphatic rings. The highest BCUT2D eigenvalue weighted by molar-refractivity contribution is 7.18. The number of benzene rings is 2. The number of thiazole rings is 1. The molecule has 0 radical (unpaired) electrons. The molecule has 0 amide bonds. The average Bonchev–Trinajstić information content (AvgIpc) is 3.51. The molecule has 214 valence electrons. The maximum atomic E-state index is 14.7. The first-order valence-electron chi connectivity index (χ1n) is 13.8. The second-order valence-electron chi connectivity index (χ2n) is 11.6. The summed E-state index contributed by atoms with van der Waals surface area (Å²) in [6, 6.07) is 7.74. The van der Waals surface area contributed by atoms with Crippen molar-refractivity contribution in [1.29, 1.82) is 0 Å². The molecule has 4 aromatic rings. The van der Waals surface area contributed by atoms with E-state index >= 15 is 0 Å². The SMILES string of the molecule is C[C@H]1C[C@@H]2C[C@@H](OCc3c(-c4c(Cl)cccc4Cl)noc3C3CC3)C[C@H]1[C@]2(O)c1nc2c(F)cc(C(=O)O)cc2s1. The Morgan fingerprint density at radius 2 is 1.98 bits per heavy atom. The Kier molecular flexibility index (Phi) is 6.67. The number of carboxylic acids is 1. The topological polar surface area (TPSA) is 106 Å². The third-order valence-corrected chi connectivity index (χ3v) is 10.8. The summed E-state index contributed by atoms with van der Waals surface area (Å²) in [5, 5.41) is 27.3. The number of rotatable bonds is 7. The molecule has 0 unspecified atom stereocenters. The Labute approximate surface area is 249 Å². The molecule has 2 heterocycles. The van der Waals surface area contributed by atoms with Crippen LogP contribution in [0.5, 0.6) is 0 Å². The summed E-state index contributed by atoms with van der Waals surface area (Å²) >= 11 is 14.2.